The molecule has 0 radical (unpaired) electrons. The van der Waals surface area contributed by atoms with E-state index in [1.807, 2.05) is 19.0 Å². The molecule has 0 spiro atoms. The maximum Gasteiger partial charge on any atom is 0.416 e. The highest BCUT2D eigenvalue weighted by molar-refractivity contribution is 5.94. The van der Waals surface area contributed by atoms with E-state index in [9.17, 15) is 18.0 Å². The van der Waals surface area contributed by atoms with E-state index >= 15 is 0 Å². The first-order valence-electron chi connectivity index (χ1n) is 7.53. The van der Waals surface area contributed by atoms with Crippen LogP contribution in [0.5, 0.6) is 0 Å². The molecule has 1 amide bonds. The second-order valence-electron chi connectivity index (χ2n) is 6.09. The van der Waals surface area contributed by atoms with Gasteiger partial charge in [0, 0.05) is 38.3 Å². The van der Waals surface area contributed by atoms with Crippen LogP contribution in [0.2, 0.25) is 0 Å². The van der Waals surface area contributed by atoms with E-state index in [2.05, 4.69) is 10.2 Å². The van der Waals surface area contributed by atoms with E-state index in [1.54, 1.807) is 0 Å². The van der Waals surface area contributed by atoms with Crippen molar-refractivity contribution in [2.75, 3.05) is 34.2 Å². The van der Waals surface area contributed by atoms with Crippen molar-refractivity contribution < 1.29 is 18.0 Å². The summed E-state index contributed by atoms with van der Waals surface area (Å²) in [5, 5.41) is 2.35. The summed E-state index contributed by atoms with van der Waals surface area (Å²) < 4.78 is 39.9. The Bertz CT molecular complexity index is 572. The molecule has 1 aromatic carbocycles. The van der Waals surface area contributed by atoms with Gasteiger partial charge in [-0.3, -0.25) is 9.69 Å². The number of carbonyl (C=O) groups excluding carboxylic acids is 1. The maximum absolute atomic E-state index is 13.3. The van der Waals surface area contributed by atoms with Crippen LogP contribution in [0.4, 0.5) is 13.2 Å². The second-order valence-corrected chi connectivity index (χ2v) is 6.09. The minimum Gasteiger partial charge on any atom is -0.355 e. The zero-order chi connectivity index (χ0) is 17.2. The fourth-order valence-electron chi connectivity index (χ4n) is 2.88. The predicted molar refractivity (Wildman–Crippen MR) is 82.2 cm³/mol. The Balaban J connectivity index is 2.23. The van der Waals surface area contributed by atoms with Crippen LogP contribution in [0, 0.1) is 0 Å². The molecule has 1 unspecified atom stereocenters. The summed E-state index contributed by atoms with van der Waals surface area (Å²) in [6, 6.07) is 4.17. The summed E-state index contributed by atoms with van der Waals surface area (Å²) in [5.41, 5.74) is -0.493. The molecule has 1 aromatic rings. The Morgan fingerprint density at radius 1 is 1.39 bits per heavy atom. The Hall–Kier alpha value is -1.60. The number of hydrogen-bond donors (Lipinski definition) is 1. The molecular formula is C16H22F3N3O. The van der Waals surface area contributed by atoms with E-state index in [-0.39, 0.29) is 17.7 Å². The smallest absolute Gasteiger partial charge is 0.355 e. The highest BCUT2D eigenvalue weighted by Gasteiger charge is 2.35. The van der Waals surface area contributed by atoms with Gasteiger partial charge in [-0.1, -0.05) is 6.07 Å². The molecule has 1 fully saturated rings. The van der Waals surface area contributed by atoms with E-state index in [0.717, 1.165) is 25.6 Å². The molecule has 0 bridgehead atoms. The van der Waals surface area contributed by atoms with Gasteiger partial charge in [-0.25, -0.2) is 0 Å². The molecule has 1 heterocycles. The number of carbonyl (C=O) groups is 1. The summed E-state index contributed by atoms with van der Waals surface area (Å²) in [6.07, 6.45) is -3.52. The lowest BCUT2D eigenvalue weighted by Gasteiger charge is -2.22. The Kier molecular flexibility index (Phi) is 5.31. The molecule has 4 nitrogen and oxygen atoms in total. The number of benzene rings is 1. The lowest BCUT2D eigenvalue weighted by Crippen LogP contribution is -2.31. The van der Waals surface area contributed by atoms with E-state index in [0.29, 0.717) is 6.04 Å². The van der Waals surface area contributed by atoms with E-state index in [4.69, 9.17) is 0 Å². The summed E-state index contributed by atoms with van der Waals surface area (Å²) in [6.45, 7) is 1.77. The number of likely N-dealkylation sites (tertiary alicyclic amines) is 1. The highest BCUT2D eigenvalue weighted by Crippen LogP contribution is 2.34. The number of hydrogen-bond acceptors (Lipinski definition) is 3. The van der Waals surface area contributed by atoms with Gasteiger partial charge in [0.05, 0.1) is 5.56 Å². The molecule has 1 atom stereocenters. The van der Waals surface area contributed by atoms with E-state index < -0.39 is 17.6 Å². The largest absolute Gasteiger partial charge is 0.416 e. The predicted octanol–water partition coefficient (Wildman–Crippen LogP) is 2.20. The molecule has 2 rings (SSSR count). The summed E-state index contributed by atoms with van der Waals surface area (Å²) in [5.74, 6) is -0.518. The number of halogens is 3. The number of likely N-dealkylation sites (N-methyl/N-ethyl adjacent to an activating group) is 1. The molecular weight excluding hydrogens is 307 g/mol. The fourth-order valence-corrected chi connectivity index (χ4v) is 2.88. The highest BCUT2D eigenvalue weighted by atomic mass is 19.4. The maximum atomic E-state index is 13.3. The number of nitrogens with one attached hydrogen (secondary N) is 1. The molecule has 0 aliphatic carbocycles. The molecule has 1 saturated heterocycles. The lowest BCUT2D eigenvalue weighted by molar-refractivity contribution is -0.138. The third-order valence-electron chi connectivity index (χ3n) is 4.28. The van der Waals surface area contributed by atoms with Gasteiger partial charge in [0.15, 0.2) is 0 Å². The van der Waals surface area contributed by atoms with Crippen molar-refractivity contribution >= 4 is 5.91 Å². The third kappa shape index (κ3) is 4.23. The topological polar surface area (TPSA) is 35.6 Å². The zero-order valence-corrected chi connectivity index (χ0v) is 13.6. The molecule has 128 valence electrons. The fraction of sp³-hybridized carbons (Fsp3) is 0.562. The van der Waals surface area contributed by atoms with Gasteiger partial charge in [-0.2, -0.15) is 13.2 Å². The summed E-state index contributed by atoms with van der Waals surface area (Å²) in [4.78, 5) is 15.7. The Labute approximate surface area is 134 Å². The quantitative estimate of drug-likeness (QED) is 0.920. The van der Waals surface area contributed by atoms with E-state index in [1.165, 1.54) is 19.2 Å². The van der Waals surface area contributed by atoms with Crippen LogP contribution in [0.3, 0.4) is 0 Å². The normalized spacial score (nSPS) is 19.3. The second kappa shape index (κ2) is 6.88. The van der Waals surface area contributed by atoms with Crippen molar-refractivity contribution in [2.45, 2.75) is 25.2 Å². The van der Waals surface area contributed by atoms with Crippen molar-refractivity contribution in [3.8, 4) is 0 Å². The minimum absolute atomic E-state index is 0.0242. The molecule has 1 aliphatic rings. The van der Waals surface area contributed by atoms with Gasteiger partial charge < -0.3 is 10.2 Å². The minimum atomic E-state index is -4.47. The average molecular weight is 329 g/mol. The van der Waals surface area contributed by atoms with Gasteiger partial charge in [0.1, 0.15) is 0 Å². The van der Waals surface area contributed by atoms with Crippen LogP contribution in [0.15, 0.2) is 18.2 Å². The van der Waals surface area contributed by atoms with Gasteiger partial charge >= 0.3 is 6.18 Å². The SMILES string of the molecule is CNC(=O)c1ccc(CN2CCC(N(C)C)C2)c(C(F)(F)F)c1. The van der Waals surface area contributed by atoms with Gasteiger partial charge in [0.25, 0.3) is 5.91 Å². The standard InChI is InChI=1S/C16H22F3N3O/c1-20-15(23)11-4-5-12(14(8-11)16(17,18)19)9-22-7-6-13(10-22)21(2)3/h4-5,8,13H,6-7,9-10H2,1-3H3,(H,20,23). The van der Waals surface area contributed by atoms with Crippen molar-refractivity contribution in [3.05, 3.63) is 34.9 Å². The Morgan fingerprint density at radius 3 is 2.61 bits per heavy atom. The van der Waals surface area contributed by atoms with Crippen molar-refractivity contribution in [3.63, 3.8) is 0 Å². The van der Waals surface area contributed by atoms with Crippen LogP contribution in [0.25, 0.3) is 0 Å². The van der Waals surface area contributed by atoms with Crippen LogP contribution >= 0.6 is 0 Å². The van der Waals surface area contributed by atoms with Gasteiger partial charge in [-0.15, -0.1) is 0 Å². The first kappa shape index (κ1) is 17.7. The number of nitrogens with zero attached hydrogens (tertiary/aromatic N) is 2. The first-order chi connectivity index (χ1) is 10.7. The molecule has 23 heavy (non-hydrogen) atoms. The van der Waals surface area contributed by atoms with Crippen molar-refractivity contribution in [2.24, 2.45) is 0 Å². The average Bonchev–Trinajstić information content (AvgIpc) is 2.94. The van der Waals surface area contributed by atoms with Crippen LogP contribution < -0.4 is 5.32 Å². The lowest BCUT2D eigenvalue weighted by atomic mass is 10.0. The molecule has 0 aromatic heterocycles. The molecule has 0 saturated carbocycles. The first-order valence-corrected chi connectivity index (χ1v) is 7.53. The zero-order valence-electron chi connectivity index (χ0n) is 13.6. The molecule has 7 heteroatoms. The number of rotatable bonds is 4. The van der Waals surface area contributed by atoms with Gasteiger partial charge in [-0.05, 0) is 38.2 Å². The van der Waals surface area contributed by atoms with Crippen LogP contribution in [-0.4, -0.2) is 56.0 Å². The summed E-state index contributed by atoms with van der Waals surface area (Å²) >= 11 is 0. The third-order valence-corrected chi connectivity index (χ3v) is 4.28. The van der Waals surface area contributed by atoms with Crippen LogP contribution in [-0.2, 0) is 12.7 Å². The summed E-state index contributed by atoms with van der Waals surface area (Å²) in [7, 11) is 5.36. The number of alkyl halides is 3. The molecule has 1 N–H and O–H groups in total. The number of amides is 1. The Morgan fingerprint density at radius 2 is 2.09 bits per heavy atom. The van der Waals surface area contributed by atoms with Crippen molar-refractivity contribution in [1.29, 1.82) is 0 Å². The van der Waals surface area contributed by atoms with Gasteiger partial charge in [0.2, 0.25) is 0 Å². The van der Waals surface area contributed by atoms with Crippen molar-refractivity contribution in [1.82, 2.24) is 15.1 Å². The molecule has 1 aliphatic heterocycles. The monoisotopic (exact) mass is 329 g/mol. The van der Waals surface area contributed by atoms with Crippen LogP contribution in [0.1, 0.15) is 27.9 Å².